The molecule has 3 rings (SSSR count). The summed E-state index contributed by atoms with van der Waals surface area (Å²) in [5, 5.41) is 3.96. The standard InChI is InChI=1S/C14H10ClFN2O2S/c15-8-2-1-3-9(16)12(8)10(19)6-11(20)14-13(7-4-5-7)17-18-21-14/h1-3,7H,4-6H2. The molecule has 0 amide bonds. The highest BCUT2D eigenvalue weighted by molar-refractivity contribution is 7.08. The Balaban J connectivity index is 1.81. The van der Waals surface area contributed by atoms with Crippen molar-refractivity contribution in [2.24, 2.45) is 0 Å². The second-order valence-electron chi connectivity index (χ2n) is 4.88. The number of carbonyl (C=O) groups excluding carboxylic acids is 2. The zero-order chi connectivity index (χ0) is 15.0. The summed E-state index contributed by atoms with van der Waals surface area (Å²) in [4.78, 5) is 24.7. The van der Waals surface area contributed by atoms with E-state index in [1.54, 1.807) is 0 Å². The molecule has 1 heterocycles. The van der Waals surface area contributed by atoms with Crippen molar-refractivity contribution < 1.29 is 14.0 Å². The van der Waals surface area contributed by atoms with Crippen LogP contribution in [-0.4, -0.2) is 21.2 Å². The van der Waals surface area contributed by atoms with E-state index in [1.165, 1.54) is 12.1 Å². The van der Waals surface area contributed by atoms with Gasteiger partial charge in [0.15, 0.2) is 11.6 Å². The van der Waals surface area contributed by atoms with Crippen molar-refractivity contribution in [1.82, 2.24) is 9.59 Å². The van der Waals surface area contributed by atoms with Crippen LogP contribution in [0, 0.1) is 5.82 Å². The van der Waals surface area contributed by atoms with Gasteiger partial charge in [0.25, 0.3) is 0 Å². The van der Waals surface area contributed by atoms with E-state index in [1.807, 2.05) is 0 Å². The molecule has 1 aliphatic rings. The highest BCUT2D eigenvalue weighted by Crippen LogP contribution is 2.41. The number of nitrogens with zero attached hydrogens (tertiary/aromatic N) is 2. The summed E-state index contributed by atoms with van der Waals surface area (Å²) in [5.41, 5.74) is 0.426. The van der Waals surface area contributed by atoms with Gasteiger partial charge in [-0.25, -0.2) is 4.39 Å². The van der Waals surface area contributed by atoms with Gasteiger partial charge in [-0.15, -0.1) is 5.10 Å². The average molecular weight is 325 g/mol. The lowest BCUT2D eigenvalue weighted by Gasteiger charge is -2.04. The van der Waals surface area contributed by atoms with E-state index in [2.05, 4.69) is 9.59 Å². The molecule has 2 aromatic rings. The van der Waals surface area contributed by atoms with Crippen molar-refractivity contribution >= 4 is 34.7 Å². The summed E-state index contributed by atoms with van der Waals surface area (Å²) in [6.07, 6.45) is 1.54. The van der Waals surface area contributed by atoms with Gasteiger partial charge in [-0.3, -0.25) is 9.59 Å². The Hall–Kier alpha value is -1.66. The number of aromatic nitrogens is 2. The van der Waals surface area contributed by atoms with Gasteiger partial charge in [0, 0.05) is 5.92 Å². The van der Waals surface area contributed by atoms with E-state index in [9.17, 15) is 14.0 Å². The molecule has 108 valence electrons. The van der Waals surface area contributed by atoms with Crippen molar-refractivity contribution in [3.8, 4) is 0 Å². The second kappa shape index (κ2) is 5.61. The van der Waals surface area contributed by atoms with Crippen LogP contribution in [0.1, 0.15) is 50.9 Å². The van der Waals surface area contributed by atoms with Crippen LogP contribution < -0.4 is 0 Å². The van der Waals surface area contributed by atoms with Gasteiger partial charge >= 0.3 is 0 Å². The molecule has 21 heavy (non-hydrogen) atoms. The fourth-order valence-electron chi connectivity index (χ4n) is 2.09. The first-order valence-corrected chi connectivity index (χ1v) is 7.55. The molecule has 4 nitrogen and oxygen atoms in total. The van der Waals surface area contributed by atoms with Crippen LogP contribution in [0.4, 0.5) is 4.39 Å². The molecule has 0 aliphatic heterocycles. The molecule has 1 aromatic heterocycles. The van der Waals surface area contributed by atoms with E-state index in [0.717, 1.165) is 30.4 Å². The number of ketones is 2. The fourth-order valence-corrected chi connectivity index (χ4v) is 3.05. The fraction of sp³-hybridized carbons (Fsp3) is 0.286. The van der Waals surface area contributed by atoms with Gasteiger partial charge in [-0.2, -0.15) is 0 Å². The van der Waals surface area contributed by atoms with Gasteiger partial charge in [0.2, 0.25) is 0 Å². The summed E-state index contributed by atoms with van der Waals surface area (Å²) >= 11 is 6.81. The minimum absolute atomic E-state index is 0.0117. The Morgan fingerprint density at radius 2 is 2.10 bits per heavy atom. The summed E-state index contributed by atoms with van der Waals surface area (Å²) in [6.45, 7) is 0. The SMILES string of the molecule is O=C(CC(=O)c1c(F)cccc1Cl)c1snnc1C1CC1. The lowest BCUT2D eigenvalue weighted by molar-refractivity contribution is 0.0894. The van der Waals surface area contributed by atoms with Crippen molar-refractivity contribution in [1.29, 1.82) is 0 Å². The van der Waals surface area contributed by atoms with Crippen molar-refractivity contribution in [2.45, 2.75) is 25.2 Å². The van der Waals surface area contributed by atoms with Crippen molar-refractivity contribution in [3.63, 3.8) is 0 Å². The molecule has 0 spiro atoms. The summed E-state index contributed by atoms with van der Waals surface area (Å²) in [7, 11) is 0. The third kappa shape index (κ3) is 2.87. The maximum Gasteiger partial charge on any atom is 0.184 e. The van der Waals surface area contributed by atoms with E-state index < -0.39 is 18.0 Å². The summed E-state index contributed by atoms with van der Waals surface area (Å²) in [5.74, 6) is -1.45. The predicted octanol–water partition coefficient (Wildman–Crippen LogP) is 3.66. The topological polar surface area (TPSA) is 59.9 Å². The number of halogens is 2. The minimum atomic E-state index is -0.717. The quantitative estimate of drug-likeness (QED) is 0.622. The van der Waals surface area contributed by atoms with Crippen LogP contribution in [0.5, 0.6) is 0 Å². The molecule has 1 fully saturated rings. The highest BCUT2D eigenvalue weighted by Gasteiger charge is 2.32. The number of carbonyl (C=O) groups is 2. The van der Waals surface area contributed by atoms with Crippen LogP contribution in [0.25, 0.3) is 0 Å². The zero-order valence-electron chi connectivity index (χ0n) is 10.8. The molecule has 0 saturated heterocycles. The number of hydrogen-bond donors (Lipinski definition) is 0. The van der Waals surface area contributed by atoms with Crippen LogP contribution in [-0.2, 0) is 0 Å². The molecule has 0 N–H and O–H groups in total. The summed E-state index contributed by atoms with van der Waals surface area (Å²) in [6, 6.07) is 3.98. The van der Waals surface area contributed by atoms with Crippen LogP contribution in [0.3, 0.4) is 0 Å². The lowest BCUT2D eigenvalue weighted by Crippen LogP contribution is -2.11. The molecule has 0 radical (unpaired) electrons. The monoisotopic (exact) mass is 324 g/mol. The predicted molar refractivity (Wildman–Crippen MR) is 76.6 cm³/mol. The van der Waals surface area contributed by atoms with Crippen LogP contribution in [0.15, 0.2) is 18.2 Å². The van der Waals surface area contributed by atoms with E-state index >= 15 is 0 Å². The third-order valence-corrected chi connectivity index (χ3v) is 4.39. The van der Waals surface area contributed by atoms with Crippen molar-refractivity contribution in [3.05, 3.63) is 45.2 Å². The Labute approximate surface area is 129 Å². The number of rotatable bonds is 5. The maximum atomic E-state index is 13.7. The van der Waals surface area contributed by atoms with E-state index in [-0.39, 0.29) is 22.3 Å². The molecule has 1 aliphatic carbocycles. The lowest BCUT2D eigenvalue weighted by atomic mass is 10.0. The first-order chi connectivity index (χ1) is 10.1. The number of hydrogen-bond acceptors (Lipinski definition) is 5. The molecule has 0 atom stereocenters. The van der Waals surface area contributed by atoms with Gasteiger partial charge in [0.1, 0.15) is 10.7 Å². The van der Waals surface area contributed by atoms with Crippen LogP contribution >= 0.6 is 23.1 Å². The second-order valence-corrected chi connectivity index (χ2v) is 6.04. The molecular weight excluding hydrogens is 315 g/mol. The van der Waals surface area contributed by atoms with Crippen LogP contribution in [0.2, 0.25) is 5.02 Å². The van der Waals surface area contributed by atoms with E-state index in [4.69, 9.17) is 11.6 Å². The molecule has 7 heteroatoms. The van der Waals surface area contributed by atoms with Crippen molar-refractivity contribution in [2.75, 3.05) is 0 Å². The normalized spacial score (nSPS) is 14.2. The summed E-state index contributed by atoms with van der Waals surface area (Å²) < 4.78 is 17.5. The van der Waals surface area contributed by atoms with Gasteiger partial charge in [-0.05, 0) is 36.5 Å². The molecule has 0 bridgehead atoms. The largest absolute Gasteiger partial charge is 0.294 e. The van der Waals surface area contributed by atoms with Gasteiger partial charge in [0.05, 0.1) is 22.7 Å². The first-order valence-electron chi connectivity index (χ1n) is 6.40. The molecule has 0 unspecified atom stereocenters. The minimum Gasteiger partial charge on any atom is -0.294 e. The first kappa shape index (κ1) is 14.3. The molecule has 1 aromatic carbocycles. The van der Waals surface area contributed by atoms with E-state index in [0.29, 0.717) is 10.6 Å². The highest BCUT2D eigenvalue weighted by atomic mass is 35.5. The maximum absolute atomic E-state index is 13.7. The Kier molecular flexibility index (Phi) is 3.82. The third-order valence-electron chi connectivity index (χ3n) is 3.29. The molecule has 1 saturated carbocycles. The molecular formula is C14H10ClFN2O2S. The number of Topliss-reactive ketones (excluding diaryl/α,β-unsaturated/α-hetero) is 2. The zero-order valence-corrected chi connectivity index (χ0v) is 12.4. The Morgan fingerprint density at radius 3 is 2.76 bits per heavy atom. The smallest absolute Gasteiger partial charge is 0.184 e. The Morgan fingerprint density at radius 1 is 1.33 bits per heavy atom. The Bertz CT molecular complexity index is 707. The average Bonchev–Trinajstić information content (AvgIpc) is 3.15. The van der Waals surface area contributed by atoms with Gasteiger partial charge < -0.3 is 0 Å². The van der Waals surface area contributed by atoms with Gasteiger partial charge in [-0.1, -0.05) is 22.2 Å². The number of benzene rings is 1.